The second kappa shape index (κ2) is 9.65. The minimum absolute atomic E-state index is 0. The van der Waals surface area contributed by atoms with E-state index >= 15 is 0 Å². The van der Waals surface area contributed by atoms with E-state index < -0.39 is 0 Å². The van der Waals surface area contributed by atoms with Crippen LogP contribution in [0, 0.1) is 0 Å². The van der Waals surface area contributed by atoms with Gasteiger partial charge in [-0.1, -0.05) is 24.3 Å². The maximum absolute atomic E-state index is 11.9. The first-order valence-electron chi connectivity index (χ1n) is 9.56. The number of carbonyl (C=O) groups is 2. The predicted octanol–water partition coefficient (Wildman–Crippen LogP) is 3.43. The number of likely N-dealkylation sites (tertiary alicyclic amines) is 1. The first kappa shape index (κ1) is 21.7. The van der Waals surface area contributed by atoms with Gasteiger partial charge in [-0.3, -0.25) is 14.5 Å². The number of nitrogens with zero attached hydrogens (tertiary/aromatic N) is 3. The number of hydrogen-bond donors (Lipinski definition) is 1. The maximum Gasteiger partial charge on any atom is 0.229 e. The number of imide groups is 1. The number of aromatic nitrogens is 2. The highest BCUT2D eigenvalue weighted by molar-refractivity contribution is 6.01. The van der Waals surface area contributed by atoms with E-state index in [0.29, 0.717) is 32.5 Å². The van der Waals surface area contributed by atoms with Crippen molar-refractivity contribution < 1.29 is 14.3 Å². The summed E-state index contributed by atoms with van der Waals surface area (Å²) in [5.74, 6) is 0.559. The van der Waals surface area contributed by atoms with Crippen molar-refractivity contribution >= 4 is 40.9 Å². The summed E-state index contributed by atoms with van der Waals surface area (Å²) in [6.07, 6.45) is 2.16. The van der Waals surface area contributed by atoms with Gasteiger partial charge < -0.3 is 10.1 Å². The van der Waals surface area contributed by atoms with Gasteiger partial charge in [-0.15, -0.1) is 12.4 Å². The Kier molecular flexibility index (Phi) is 6.97. The number of carbonyl (C=O) groups excluding carboxylic acids is 2. The molecule has 1 fully saturated rings. The summed E-state index contributed by atoms with van der Waals surface area (Å²) >= 11 is 0. The van der Waals surface area contributed by atoms with Crippen molar-refractivity contribution in [3.05, 3.63) is 54.4 Å². The van der Waals surface area contributed by atoms with Crippen LogP contribution in [-0.4, -0.2) is 46.9 Å². The van der Waals surface area contributed by atoms with Gasteiger partial charge in [-0.2, -0.15) is 0 Å². The third-order valence-electron chi connectivity index (χ3n) is 4.99. The van der Waals surface area contributed by atoms with E-state index in [1.54, 1.807) is 13.4 Å². The first-order chi connectivity index (χ1) is 14.2. The van der Waals surface area contributed by atoms with Gasteiger partial charge in [0.25, 0.3) is 0 Å². The number of amides is 2. The largest absolute Gasteiger partial charge is 0.383 e. The topological polar surface area (TPSA) is 84.4 Å². The van der Waals surface area contributed by atoms with E-state index in [1.165, 1.54) is 4.90 Å². The molecule has 8 heteroatoms. The lowest BCUT2D eigenvalue weighted by Crippen LogP contribution is -2.28. The lowest BCUT2D eigenvalue weighted by Gasteiger charge is -2.15. The van der Waals surface area contributed by atoms with E-state index in [-0.39, 0.29) is 24.2 Å². The smallest absolute Gasteiger partial charge is 0.229 e. The molecule has 0 atom stereocenters. The van der Waals surface area contributed by atoms with Crippen molar-refractivity contribution in [1.29, 1.82) is 0 Å². The lowest BCUT2D eigenvalue weighted by molar-refractivity contribution is -0.139. The van der Waals surface area contributed by atoms with Crippen molar-refractivity contribution in [2.75, 3.05) is 25.6 Å². The van der Waals surface area contributed by atoms with Crippen molar-refractivity contribution in [1.82, 2.24) is 14.9 Å². The molecule has 0 unspecified atom stereocenters. The van der Waals surface area contributed by atoms with Crippen LogP contribution in [0.2, 0.25) is 0 Å². The Hall–Kier alpha value is -3.03. The SMILES string of the molecule is COCCNc1ncnc2ccc(-c3cccc(CN4C(=O)CCC4=O)c3)cc12.Cl. The summed E-state index contributed by atoms with van der Waals surface area (Å²) in [4.78, 5) is 33.9. The Balaban J connectivity index is 0.00000256. The van der Waals surface area contributed by atoms with Crippen molar-refractivity contribution in [3.8, 4) is 11.1 Å². The summed E-state index contributed by atoms with van der Waals surface area (Å²) in [5, 5.41) is 4.21. The van der Waals surface area contributed by atoms with E-state index in [2.05, 4.69) is 21.4 Å². The average Bonchev–Trinajstić information content (AvgIpc) is 3.06. The Morgan fingerprint density at radius 2 is 1.80 bits per heavy atom. The van der Waals surface area contributed by atoms with Crippen LogP contribution in [0.3, 0.4) is 0 Å². The predicted molar refractivity (Wildman–Crippen MR) is 117 cm³/mol. The molecule has 2 amide bonds. The molecule has 1 aliphatic rings. The molecule has 1 aromatic heterocycles. The number of ether oxygens (including phenoxy) is 1. The van der Waals surface area contributed by atoms with Crippen LogP contribution in [0.15, 0.2) is 48.8 Å². The van der Waals surface area contributed by atoms with Gasteiger partial charge in [-0.25, -0.2) is 9.97 Å². The zero-order chi connectivity index (χ0) is 20.2. The number of methoxy groups -OCH3 is 1. The molecule has 2 aromatic carbocycles. The summed E-state index contributed by atoms with van der Waals surface area (Å²) in [5.41, 5.74) is 3.81. The van der Waals surface area contributed by atoms with Gasteiger partial charge in [0.15, 0.2) is 0 Å². The van der Waals surface area contributed by atoms with Crippen LogP contribution >= 0.6 is 12.4 Å². The fourth-order valence-electron chi connectivity index (χ4n) is 3.48. The van der Waals surface area contributed by atoms with Crippen molar-refractivity contribution in [2.24, 2.45) is 0 Å². The quantitative estimate of drug-likeness (QED) is 0.460. The molecule has 0 radical (unpaired) electrons. The normalized spacial score (nSPS) is 13.6. The summed E-state index contributed by atoms with van der Waals surface area (Å²) in [6, 6.07) is 13.9. The Bertz CT molecular complexity index is 1060. The monoisotopic (exact) mass is 426 g/mol. The summed E-state index contributed by atoms with van der Waals surface area (Å²) in [7, 11) is 1.66. The van der Waals surface area contributed by atoms with E-state index in [0.717, 1.165) is 33.4 Å². The van der Waals surface area contributed by atoms with Crippen LogP contribution in [-0.2, 0) is 20.9 Å². The number of benzene rings is 2. The highest BCUT2D eigenvalue weighted by Crippen LogP contribution is 2.28. The van der Waals surface area contributed by atoms with Gasteiger partial charge >= 0.3 is 0 Å². The molecule has 1 saturated heterocycles. The van der Waals surface area contributed by atoms with Crippen LogP contribution < -0.4 is 5.32 Å². The zero-order valence-corrected chi connectivity index (χ0v) is 17.4. The van der Waals surface area contributed by atoms with Gasteiger partial charge in [0.05, 0.1) is 18.7 Å². The standard InChI is InChI=1S/C22H22N4O3.ClH/c1-29-10-9-23-22-18-12-17(5-6-19(18)24-14-25-22)16-4-2-3-15(11-16)13-26-20(27)7-8-21(26)28;/h2-6,11-12,14H,7-10,13H2,1H3,(H,23,24,25);1H. The Morgan fingerprint density at radius 1 is 1.03 bits per heavy atom. The molecule has 30 heavy (non-hydrogen) atoms. The summed E-state index contributed by atoms with van der Waals surface area (Å²) in [6.45, 7) is 1.55. The molecule has 4 rings (SSSR count). The van der Waals surface area contributed by atoms with E-state index in [4.69, 9.17) is 4.74 Å². The Labute approximate surface area is 180 Å². The van der Waals surface area contributed by atoms with Crippen LogP contribution in [0.25, 0.3) is 22.0 Å². The first-order valence-corrected chi connectivity index (χ1v) is 9.56. The molecular weight excluding hydrogens is 404 g/mol. The number of nitrogens with one attached hydrogen (secondary N) is 1. The van der Waals surface area contributed by atoms with Crippen LogP contribution in [0.5, 0.6) is 0 Å². The average molecular weight is 427 g/mol. The highest BCUT2D eigenvalue weighted by atomic mass is 35.5. The summed E-state index contributed by atoms with van der Waals surface area (Å²) < 4.78 is 5.09. The molecule has 0 bridgehead atoms. The number of rotatable bonds is 7. The molecule has 1 aliphatic heterocycles. The minimum Gasteiger partial charge on any atom is -0.383 e. The maximum atomic E-state index is 11.9. The molecule has 2 heterocycles. The number of anilines is 1. The second-order valence-corrected chi connectivity index (χ2v) is 6.95. The van der Waals surface area contributed by atoms with Crippen LogP contribution in [0.4, 0.5) is 5.82 Å². The Morgan fingerprint density at radius 3 is 2.57 bits per heavy atom. The minimum atomic E-state index is -0.102. The van der Waals surface area contributed by atoms with Crippen molar-refractivity contribution in [3.63, 3.8) is 0 Å². The van der Waals surface area contributed by atoms with Gasteiger partial charge in [0, 0.05) is 31.9 Å². The molecule has 0 spiro atoms. The number of halogens is 1. The molecule has 3 aromatic rings. The van der Waals surface area contributed by atoms with Gasteiger partial charge in [-0.05, 0) is 34.9 Å². The van der Waals surface area contributed by atoms with Crippen molar-refractivity contribution in [2.45, 2.75) is 19.4 Å². The highest BCUT2D eigenvalue weighted by Gasteiger charge is 2.28. The molecule has 156 valence electrons. The second-order valence-electron chi connectivity index (χ2n) is 6.95. The molecule has 1 N–H and O–H groups in total. The molecule has 0 saturated carbocycles. The molecular formula is C22H23ClN4O3. The number of hydrogen-bond acceptors (Lipinski definition) is 6. The third kappa shape index (κ3) is 4.58. The molecule has 0 aliphatic carbocycles. The van der Waals surface area contributed by atoms with Gasteiger partial charge in [0.2, 0.25) is 11.8 Å². The fourth-order valence-corrected chi connectivity index (χ4v) is 3.48. The fraction of sp³-hybridized carbons (Fsp3) is 0.273. The molecule has 7 nitrogen and oxygen atoms in total. The number of fused-ring (bicyclic) bond motifs is 1. The third-order valence-corrected chi connectivity index (χ3v) is 4.99. The van der Waals surface area contributed by atoms with Crippen LogP contribution in [0.1, 0.15) is 18.4 Å². The zero-order valence-electron chi connectivity index (χ0n) is 16.6. The van der Waals surface area contributed by atoms with E-state index in [9.17, 15) is 9.59 Å². The van der Waals surface area contributed by atoms with Gasteiger partial charge in [0.1, 0.15) is 12.1 Å². The van der Waals surface area contributed by atoms with E-state index in [1.807, 2.05) is 36.4 Å². The lowest BCUT2D eigenvalue weighted by atomic mass is 10.0.